The van der Waals surface area contributed by atoms with Crippen LogP contribution in [0, 0.1) is 17.8 Å². The summed E-state index contributed by atoms with van der Waals surface area (Å²) in [7, 11) is 0. The van der Waals surface area contributed by atoms with Gasteiger partial charge in [-0.25, -0.2) is 0 Å². The summed E-state index contributed by atoms with van der Waals surface area (Å²) < 4.78 is 0. The van der Waals surface area contributed by atoms with Crippen molar-refractivity contribution in [3.63, 3.8) is 0 Å². The molecule has 3 atom stereocenters. The van der Waals surface area contributed by atoms with E-state index in [1.807, 2.05) is 0 Å². The number of fused-ring (bicyclic) bond motifs is 1. The second-order valence-corrected chi connectivity index (χ2v) is 4.85. The molecule has 3 heteroatoms. The highest BCUT2D eigenvalue weighted by atomic mass is 35.5. The van der Waals surface area contributed by atoms with E-state index in [0.29, 0.717) is 12.5 Å². The molecular weight excluding hydrogens is 222 g/mol. The van der Waals surface area contributed by atoms with Crippen LogP contribution in [0.4, 0.5) is 0 Å². The van der Waals surface area contributed by atoms with Crippen molar-refractivity contribution in [1.29, 1.82) is 0 Å². The predicted molar refractivity (Wildman–Crippen MR) is 66.5 cm³/mol. The molecule has 1 saturated heterocycles. The lowest BCUT2D eigenvalue weighted by atomic mass is 10.2. The highest BCUT2D eigenvalue weighted by molar-refractivity contribution is 5.85. The third-order valence-corrected chi connectivity index (χ3v) is 3.91. The lowest BCUT2D eigenvalue weighted by Crippen LogP contribution is -2.24. The summed E-state index contributed by atoms with van der Waals surface area (Å²) in [6.45, 7) is 3.84. The van der Waals surface area contributed by atoms with E-state index in [0.717, 1.165) is 18.4 Å². The van der Waals surface area contributed by atoms with Gasteiger partial charge in [-0.2, -0.15) is 0 Å². The van der Waals surface area contributed by atoms with Crippen LogP contribution >= 0.6 is 12.4 Å². The number of aliphatic hydroxyl groups excluding tert-OH is 1. The molecule has 3 rings (SSSR count). The van der Waals surface area contributed by atoms with Crippen molar-refractivity contribution in [2.24, 2.45) is 17.8 Å². The van der Waals surface area contributed by atoms with E-state index in [4.69, 9.17) is 5.11 Å². The van der Waals surface area contributed by atoms with Crippen LogP contribution in [-0.4, -0.2) is 29.7 Å². The molecule has 1 heterocycles. The van der Waals surface area contributed by atoms with Crippen molar-refractivity contribution in [2.45, 2.75) is 6.54 Å². The first-order valence-electron chi connectivity index (χ1n) is 5.75. The Hall–Kier alpha value is -0.570. The van der Waals surface area contributed by atoms with E-state index in [2.05, 4.69) is 35.2 Å². The molecule has 0 spiro atoms. The van der Waals surface area contributed by atoms with Gasteiger partial charge in [-0.05, 0) is 23.3 Å². The molecule has 1 aliphatic heterocycles. The molecule has 0 aromatic heterocycles. The number of aliphatic hydroxyl groups is 1. The summed E-state index contributed by atoms with van der Waals surface area (Å²) in [6.07, 6.45) is 0. The largest absolute Gasteiger partial charge is 0.396 e. The SMILES string of the molecule is Cl.OC[C@@H]1[C@H]2CN(Cc3ccccc3)C[C@@H]12. The molecule has 2 nitrogen and oxygen atoms in total. The number of benzene rings is 1. The molecule has 0 bridgehead atoms. The Labute approximate surface area is 103 Å². The van der Waals surface area contributed by atoms with Crippen LogP contribution in [0.15, 0.2) is 30.3 Å². The zero-order valence-electron chi connectivity index (χ0n) is 9.25. The van der Waals surface area contributed by atoms with Gasteiger partial charge in [0.15, 0.2) is 0 Å². The molecule has 0 amide bonds. The highest BCUT2D eigenvalue weighted by Crippen LogP contribution is 2.51. The molecular formula is C13H18ClNO. The first kappa shape index (κ1) is 11.9. The van der Waals surface area contributed by atoms with Crippen molar-refractivity contribution in [1.82, 2.24) is 4.90 Å². The Morgan fingerprint density at radius 3 is 2.31 bits per heavy atom. The molecule has 0 radical (unpaired) electrons. The summed E-state index contributed by atoms with van der Waals surface area (Å²) in [4.78, 5) is 2.51. The van der Waals surface area contributed by atoms with Crippen molar-refractivity contribution < 1.29 is 5.11 Å². The van der Waals surface area contributed by atoms with Gasteiger partial charge in [0.05, 0.1) is 0 Å². The second kappa shape index (κ2) is 4.74. The average molecular weight is 240 g/mol. The lowest BCUT2D eigenvalue weighted by Gasteiger charge is -2.18. The summed E-state index contributed by atoms with van der Waals surface area (Å²) in [5.41, 5.74) is 1.40. The third kappa shape index (κ3) is 2.10. The maximum Gasteiger partial charge on any atom is 0.0465 e. The van der Waals surface area contributed by atoms with Gasteiger partial charge in [-0.15, -0.1) is 12.4 Å². The number of halogens is 1. The van der Waals surface area contributed by atoms with Gasteiger partial charge in [0, 0.05) is 26.2 Å². The maximum atomic E-state index is 9.07. The minimum absolute atomic E-state index is 0. The Bertz CT molecular complexity index is 331. The fourth-order valence-corrected chi connectivity index (χ4v) is 2.98. The van der Waals surface area contributed by atoms with Crippen LogP contribution in [0.3, 0.4) is 0 Å². The maximum absolute atomic E-state index is 9.07. The van der Waals surface area contributed by atoms with Crippen LogP contribution in [0.1, 0.15) is 5.56 Å². The fraction of sp³-hybridized carbons (Fsp3) is 0.538. The van der Waals surface area contributed by atoms with Gasteiger partial charge in [-0.3, -0.25) is 4.90 Å². The monoisotopic (exact) mass is 239 g/mol. The lowest BCUT2D eigenvalue weighted by molar-refractivity contribution is 0.217. The van der Waals surface area contributed by atoms with Crippen LogP contribution < -0.4 is 0 Å². The Morgan fingerprint density at radius 1 is 1.12 bits per heavy atom. The van der Waals surface area contributed by atoms with Gasteiger partial charge in [-0.1, -0.05) is 30.3 Å². The van der Waals surface area contributed by atoms with E-state index >= 15 is 0 Å². The highest BCUT2D eigenvalue weighted by Gasteiger charge is 2.54. The fourth-order valence-electron chi connectivity index (χ4n) is 2.98. The zero-order valence-corrected chi connectivity index (χ0v) is 10.1. The molecule has 0 unspecified atom stereocenters. The number of hydrogen-bond acceptors (Lipinski definition) is 2. The number of rotatable bonds is 3. The van der Waals surface area contributed by atoms with Crippen molar-refractivity contribution in [3.8, 4) is 0 Å². The van der Waals surface area contributed by atoms with Crippen molar-refractivity contribution >= 4 is 12.4 Å². The Morgan fingerprint density at radius 2 is 1.75 bits per heavy atom. The minimum Gasteiger partial charge on any atom is -0.396 e. The smallest absolute Gasteiger partial charge is 0.0465 e. The van der Waals surface area contributed by atoms with E-state index in [1.165, 1.54) is 18.7 Å². The summed E-state index contributed by atoms with van der Waals surface area (Å²) in [5, 5.41) is 9.07. The van der Waals surface area contributed by atoms with Crippen LogP contribution in [0.25, 0.3) is 0 Å². The van der Waals surface area contributed by atoms with Gasteiger partial charge in [0.1, 0.15) is 0 Å². The first-order valence-corrected chi connectivity index (χ1v) is 5.75. The molecule has 1 saturated carbocycles. The van der Waals surface area contributed by atoms with Crippen LogP contribution in [0.5, 0.6) is 0 Å². The number of nitrogens with zero attached hydrogens (tertiary/aromatic N) is 1. The molecule has 16 heavy (non-hydrogen) atoms. The molecule has 1 aliphatic carbocycles. The number of piperidine rings is 1. The quantitative estimate of drug-likeness (QED) is 0.869. The van der Waals surface area contributed by atoms with Crippen molar-refractivity contribution in [2.75, 3.05) is 19.7 Å². The average Bonchev–Trinajstić information content (AvgIpc) is 2.75. The third-order valence-electron chi connectivity index (χ3n) is 3.91. The molecule has 1 N–H and O–H groups in total. The van der Waals surface area contributed by atoms with Crippen molar-refractivity contribution in [3.05, 3.63) is 35.9 Å². The number of likely N-dealkylation sites (tertiary alicyclic amines) is 1. The Kier molecular flexibility index (Phi) is 3.53. The first-order chi connectivity index (χ1) is 7.38. The zero-order chi connectivity index (χ0) is 10.3. The van der Waals surface area contributed by atoms with E-state index in [-0.39, 0.29) is 12.4 Å². The minimum atomic E-state index is 0. The second-order valence-electron chi connectivity index (χ2n) is 4.85. The summed E-state index contributed by atoms with van der Waals surface area (Å²) >= 11 is 0. The van der Waals surface area contributed by atoms with E-state index in [1.54, 1.807) is 0 Å². The molecule has 2 aliphatic rings. The molecule has 2 fully saturated rings. The number of hydrogen-bond donors (Lipinski definition) is 1. The predicted octanol–water partition coefficient (Wildman–Crippen LogP) is 1.78. The van der Waals surface area contributed by atoms with E-state index < -0.39 is 0 Å². The van der Waals surface area contributed by atoms with Gasteiger partial charge in [0.25, 0.3) is 0 Å². The topological polar surface area (TPSA) is 23.5 Å². The van der Waals surface area contributed by atoms with Crippen LogP contribution in [-0.2, 0) is 6.54 Å². The summed E-state index contributed by atoms with van der Waals surface area (Å²) in [5.74, 6) is 2.20. The molecule has 88 valence electrons. The molecule has 1 aromatic carbocycles. The van der Waals surface area contributed by atoms with Gasteiger partial charge in [0.2, 0.25) is 0 Å². The normalized spacial score (nSPS) is 31.9. The molecule has 1 aromatic rings. The Balaban J connectivity index is 0.000000963. The standard InChI is InChI=1S/C13H17NO.ClH/c15-9-13-11-7-14(8-12(11)13)6-10-4-2-1-3-5-10;/h1-5,11-13,15H,6-9H2;1H/t11-,12+,13+;. The summed E-state index contributed by atoms with van der Waals surface area (Å²) in [6, 6.07) is 10.6. The van der Waals surface area contributed by atoms with Gasteiger partial charge < -0.3 is 5.11 Å². The van der Waals surface area contributed by atoms with Gasteiger partial charge >= 0.3 is 0 Å². The van der Waals surface area contributed by atoms with E-state index in [9.17, 15) is 0 Å². The van der Waals surface area contributed by atoms with Crippen LogP contribution in [0.2, 0.25) is 0 Å².